The van der Waals surface area contributed by atoms with E-state index in [9.17, 15) is 5.11 Å². The Kier molecular flexibility index (Phi) is 6.46. The van der Waals surface area contributed by atoms with E-state index in [0.717, 1.165) is 0 Å². The van der Waals surface area contributed by atoms with Gasteiger partial charge in [-0.3, -0.25) is 0 Å². The van der Waals surface area contributed by atoms with Crippen molar-refractivity contribution >= 4 is 12.4 Å². The summed E-state index contributed by atoms with van der Waals surface area (Å²) in [4.78, 5) is 0. The molecule has 0 aliphatic carbocycles. The summed E-state index contributed by atoms with van der Waals surface area (Å²) in [5.74, 6) is 0.894. The van der Waals surface area contributed by atoms with Gasteiger partial charge in [-0.25, -0.2) is 0 Å². The first-order chi connectivity index (χ1) is 7.83. The van der Waals surface area contributed by atoms with Crippen LogP contribution in [0.3, 0.4) is 0 Å². The smallest absolute Gasteiger partial charge is 0.120 e. The highest BCUT2D eigenvalue weighted by atomic mass is 35.5. The molecule has 1 atom stereocenters. The molecule has 0 amide bonds. The van der Waals surface area contributed by atoms with Gasteiger partial charge < -0.3 is 21.3 Å². The second-order valence-corrected chi connectivity index (χ2v) is 5.12. The van der Waals surface area contributed by atoms with Crippen molar-refractivity contribution < 1.29 is 9.84 Å². The number of ether oxygens (including phenoxy) is 1. The lowest BCUT2D eigenvalue weighted by atomic mass is 10.0. The normalized spacial score (nSPS) is 12.7. The fourth-order valence-electron chi connectivity index (χ4n) is 1.58. The molecule has 0 spiro atoms. The summed E-state index contributed by atoms with van der Waals surface area (Å²) >= 11 is 0. The van der Waals surface area contributed by atoms with E-state index < -0.39 is 0 Å². The van der Waals surface area contributed by atoms with E-state index in [0.29, 0.717) is 24.3 Å². The third-order valence-corrected chi connectivity index (χ3v) is 2.30. The van der Waals surface area contributed by atoms with Crippen LogP contribution in [0.25, 0.3) is 0 Å². The molecule has 1 rings (SSSR count). The number of nitrogens with two attached hydrogens (primary N) is 2. The Morgan fingerprint density at radius 2 is 1.94 bits per heavy atom. The summed E-state index contributed by atoms with van der Waals surface area (Å²) in [6, 6.07) is 4.86. The Labute approximate surface area is 115 Å². The topological polar surface area (TPSA) is 81.5 Å². The average Bonchev–Trinajstić information content (AvgIpc) is 2.19. The molecule has 0 unspecified atom stereocenters. The molecule has 0 radical (unpaired) electrons. The first-order valence-corrected chi connectivity index (χ1v) is 5.81. The quantitative estimate of drug-likeness (QED) is 0.787. The van der Waals surface area contributed by atoms with Crippen LogP contribution < -0.4 is 16.2 Å². The van der Waals surface area contributed by atoms with Crippen molar-refractivity contribution in [3.8, 4) is 11.5 Å². The molecule has 0 saturated heterocycles. The number of phenolic OH excluding ortho intramolecular Hbond substituents is 1. The van der Waals surface area contributed by atoms with Crippen LogP contribution in [-0.4, -0.2) is 17.3 Å². The number of aromatic hydroxyl groups is 1. The maximum absolute atomic E-state index is 9.75. The second kappa shape index (κ2) is 6.83. The summed E-state index contributed by atoms with van der Waals surface area (Å²) in [5, 5.41) is 9.75. The molecule has 0 saturated carbocycles. The van der Waals surface area contributed by atoms with E-state index in [-0.39, 0.29) is 29.8 Å². The minimum Gasteiger partial charge on any atom is -0.508 e. The van der Waals surface area contributed by atoms with Gasteiger partial charge in [-0.1, -0.05) is 0 Å². The zero-order chi connectivity index (χ0) is 13.1. The van der Waals surface area contributed by atoms with Crippen molar-refractivity contribution in [2.75, 3.05) is 6.54 Å². The van der Waals surface area contributed by atoms with E-state index in [4.69, 9.17) is 16.2 Å². The molecule has 0 fully saturated rings. The fourth-order valence-corrected chi connectivity index (χ4v) is 1.58. The molecule has 0 aliphatic rings. The van der Waals surface area contributed by atoms with E-state index in [2.05, 4.69) is 0 Å². The molecule has 0 bridgehead atoms. The second-order valence-electron chi connectivity index (χ2n) is 5.12. The van der Waals surface area contributed by atoms with Gasteiger partial charge in [-0.05, 0) is 51.9 Å². The van der Waals surface area contributed by atoms with Crippen molar-refractivity contribution in [3.63, 3.8) is 0 Å². The van der Waals surface area contributed by atoms with Gasteiger partial charge in [0.05, 0.1) is 0 Å². The van der Waals surface area contributed by atoms with Gasteiger partial charge in [-0.15, -0.1) is 12.4 Å². The summed E-state index contributed by atoms with van der Waals surface area (Å²) in [7, 11) is 0. The number of hydrogen-bond donors (Lipinski definition) is 3. The third kappa shape index (κ3) is 5.12. The van der Waals surface area contributed by atoms with Crippen molar-refractivity contribution in [1.29, 1.82) is 0 Å². The highest BCUT2D eigenvalue weighted by molar-refractivity contribution is 5.85. The average molecular weight is 275 g/mol. The van der Waals surface area contributed by atoms with Crippen LogP contribution in [0.2, 0.25) is 0 Å². The van der Waals surface area contributed by atoms with Crippen LogP contribution in [0.4, 0.5) is 0 Å². The molecule has 0 aromatic heterocycles. The van der Waals surface area contributed by atoms with Crippen molar-refractivity contribution in [2.45, 2.75) is 38.8 Å². The lowest BCUT2D eigenvalue weighted by Crippen LogP contribution is -2.23. The molecule has 1 aromatic carbocycles. The van der Waals surface area contributed by atoms with E-state index in [1.54, 1.807) is 18.2 Å². The summed E-state index contributed by atoms with van der Waals surface area (Å²) in [6.45, 7) is 6.41. The van der Waals surface area contributed by atoms with Gasteiger partial charge in [0.15, 0.2) is 0 Å². The SMILES string of the molecule is CC(C)(C)Oc1ccc(O)c([C@@H](N)CCN)c1.Cl. The largest absolute Gasteiger partial charge is 0.508 e. The predicted octanol–water partition coefficient (Wildman–Crippen LogP) is 2.34. The van der Waals surface area contributed by atoms with Gasteiger partial charge in [0.1, 0.15) is 17.1 Å². The lowest BCUT2D eigenvalue weighted by molar-refractivity contribution is 0.130. The van der Waals surface area contributed by atoms with Crippen molar-refractivity contribution in [2.24, 2.45) is 11.5 Å². The molecule has 18 heavy (non-hydrogen) atoms. The third-order valence-electron chi connectivity index (χ3n) is 2.30. The van der Waals surface area contributed by atoms with Gasteiger partial charge in [-0.2, -0.15) is 0 Å². The Balaban J connectivity index is 0.00000289. The molecule has 0 heterocycles. The minimum atomic E-state index is -0.272. The number of benzene rings is 1. The Bertz CT molecular complexity index is 378. The summed E-state index contributed by atoms with van der Waals surface area (Å²) in [6.07, 6.45) is 0.631. The summed E-state index contributed by atoms with van der Waals surface area (Å²) < 4.78 is 5.73. The maximum Gasteiger partial charge on any atom is 0.120 e. The zero-order valence-corrected chi connectivity index (χ0v) is 12.0. The number of rotatable bonds is 4. The number of phenols is 1. The highest BCUT2D eigenvalue weighted by Crippen LogP contribution is 2.30. The van der Waals surface area contributed by atoms with Crippen LogP contribution in [0.1, 0.15) is 38.8 Å². The molecular weight excluding hydrogens is 252 g/mol. The van der Waals surface area contributed by atoms with Crippen LogP contribution in [0, 0.1) is 0 Å². The lowest BCUT2D eigenvalue weighted by Gasteiger charge is -2.22. The fraction of sp³-hybridized carbons (Fsp3) is 0.538. The molecule has 104 valence electrons. The van der Waals surface area contributed by atoms with Crippen molar-refractivity contribution in [1.82, 2.24) is 0 Å². The first-order valence-electron chi connectivity index (χ1n) is 5.81. The van der Waals surface area contributed by atoms with E-state index in [1.807, 2.05) is 20.8 Å². The Morgan fingerprint density at radius 3 is 2.44 bits per heavy atom. The monoisotopic (exact) mass is 274 g/mol. The maximum atomic E-state index is 9.75. The van der Waals surface area contributed by atoms with Crippen molar-refractivity contribution in [3.05, 3.63) is 23.8 Å². The molecule has 1 aromatic rings. The number of hydrogen-bond acceptors (Lipinski definition) is 4. The molecular formula is C13H23ClN2O2. The highest BCUT2D eigenvalue weighted by Gasteiger charge is 2.15. The van der Waals surface area contributed by atoms with Gasteiger partial charge in [0.2, 0.25) is 0 Å². The van der Waals surface area contributed by atoms with E-state index >= 15 is 0 Å². The minimum absolute atomic E-state index is 0. The Morgan fingerprint density at radius 1 is 1.33 bits per heavy atom. The standard InChI is InChI=1S/C13H22N2O2.ClH/c1-13(2,3)17-9-4-5-12(16)10(8-9)11(15)6-7-14;/h4-5,8,11,16H,6-7,14-15H2,1-3H3;1H/t11-;/m0./s1. The van der Waals surface area contributed by atoms with Gasteiger partial charge in [0, 0.05) is 11.6 Å². The Hall–Kier alpha value is -0.970. The molecule has 5 heteroatoms. The zero-order valence-electron chi connectivity index (χ0n) is 11.1. The summed E-state index contributed by atoms with van der Waals surface area (Å²) in [5.41, 5.74) is 11.8. The molecule has 4 nitrogen and oxygen atoms in total. The molecule has 0 aliphatic heterocycles. The molecule has 5 N–H and O–H groups in total. The first kappa shape index (κ1) is 17.0. The number of halogens is 1. The van der Waals surface area contributed by atoms with Crippen LogP contribution in [0.5, 0.6) is 11.5 Å². The van der Waals surface area contributed by atoms with E-state index in [1.165, 1.54) is 0 Å². The van der Waals surface area contributed by atoms with Crippen LogP contribution in [0.15, 0.2) is 18.2 Å². The van der Waals surface area contributed by atoms with Crippen LogP contribution >= 0.6 is 12.4 Å². The van der Waals surface area contributed by atoms with Gasteiger partial charge in [0.25, 0.3) is 0 Å². The van der Waals surface area contributed by atoms with Crippen LogP contribution in [-0.2, 0) is 0 Å². The predicted molar refractivity (Wildman–Crippen MR) is 76.3 cm³/mol. The van der Waals surface area contributed by atoms with Gasteiger partial charge >= 0.3 is 0 Å².